The summed E-state index contributed by atoms with van der Waals surface area (Å²) in [4.78, 5) is 4.61. The summed E-state index contributed by atoms with van der Waals surface area (Å²) in [6, 6.07) is 18.5. The van der Waals surface area contributed by atoms with Gasteiger partial charge in [0.2, 0.25) is 0 Å². The van der Waals surface area contributed by atoms with Crippen LogP contribution in [0.2, 0.25) is 0 Å². The number of rotatable bonds is 5. The van der Waals surface area contributed by atoms with Crippen LogP contribution in [0.15, 0.2) is 64.6 Å². The zero-order chi connectivity index (χ0) is 18.5. The van der Waals surface area contributed by atoms with Gasteiger partial charge in [-0.15, -0.1) is 11.3 Å². The van der Waals surface area contributed by atoms with Crippen molar-refractivity contribution in [2.24, 2.45) is 0 Å². The third-order valence-corrected chi connectivity index (χ3v) is 5.30. The number of anilines is 1. The van der Waals surface area contributed by atoms with Crippen molar-refractivity contribution in [3.63, 3.8) is 0 Å². The summed E-state index contributed by atoms with van der Waals surface area (Å²) >= 11 is 4.94. The first-order chi connectivity index (χ1) is 12.6. The molecule has 0 radical (unpaired) electrons. The Morgan fingerprint density at radius 2 is 2.00 bits per heavy atom. The zero-order valence-corrected chi connectivity index (χ0v) is 16.9. The van der Waals surface area contributed by atoms with Crippen LogP contribution in [0.1, 0.15) is 30.3 Å². The number of nitriles is 1. The highest BCUT2D eigenvalue weighted by Crippen LogP contribution is 2.28. The van der Waals surface area contributed by atoms with E-state index in [1.807, 2.05) is 41.8 Å². The van der Waals surface area contributed by atoms with E-state index in [4.69, 9.17) is 0 Å². The first-order valence-corrected chi connectivity index (χ1v) is 9.92. The van der Waals surface area contributed by atoms with Gasteiger partial charge < -0.3 is 5.32 Å². The molecule has 0 aliphatic heterocycles. The number of benzene rings is 2. The van der Waals surface area contributed by atoms with Gasteiger partial charge in [0.1, 0.15) is 16.6 Å². The Morgan fingerprint density at radius 1 is 1.23 bits per heavy atom. The number of hydrogen-bond donors (Lipinski definition) is 1. The minimum Gasteiger partial charge on any atom is -0.360 e. The van der Waals surface area contributed by atoms with Crippen molar-refractivity contribution in [1.29, 1.82) is 5.26 Å². The van der Waals surface area contributed by atoms with E-state index >= 15 is 0 Å². The van der Waals surface area contributed by atoms with E-state index in [0.29, 0.717) is 16.5 Å². The highest BCUT2D eigenvalue weighted by atomic mass is 79.9. The molecule has 1 N–H and O–H groups in total. The Labute approximate surface area is 166 Å². The first kappa shape index (κ1) is 18.4. The summed E-state index contributed by atoms with van der Waals surface area (Å²) in [6.45, 7) is 4.34. The first-order valence-electron chi connectivity index (χ1n) is 8.25. The molecule has 0 atom stereocenters. The summed E-state index contributed by atoms with van der Waals surface area (Å²) in [5.74, 6) is 0.501. The van der Waals surface area contributed by atoms with E-state index < -0.39 is 0 Å². The van der Waals surface area contributed by atoms with Crippen LogP contribution in [-0.2, 0) is 0 Å². The second-order valence-corrected chi connectivity index (χ2v) is 7.91. The zero-order valence-electron chi connectivity index (χ0n) is 14.5. The monoisotopic (exact) mass is 423 g/mol. The van der Waals surface area contributed by atoms with E-state index in [2.05, 4.69) is 58.3 Å². The predicted octanol–water partition coefficient (Wildman–Crippen LogP) is 6.67. The fourth-order valence-corrected chi connectivity index (χ4v) is 3.63. The molecule has 0 unspecified atom stereocenters. The number of nitrogens with zero attached hydrogens (tertiary/aromatic N) is 2. The average molecular weight is 424 g/mol. The highest BCUT2D eigenvalue weighted by Gasteiger charge is 2.09. The number of aromatic nitrogens is 1. The Morgan fingerprint density at radius 3 is 2.65 bits per heavy atom. The highest BCUT2D eigenvalue weighted by molar-refractivity contribution is 9.10. The summed E-state index contributed by atoms with van der Waals surface area (Å²) in [5, 5.41) is 15.4. The molecule has 0 fully saturated rings. The van der Waals surface area contributed by atoms with Crippen LogP contribution in [0.4, 0.5) is 5.69 Å². The Hall–Kier alpha value is -2.42. The molecule has 2 aromatic carbocycles. The molecule has 0 aliphatic rings. The lowest BCUT2D eigenvalue weighted by Gasteiger charge is -2.06. The Kier molecular flexibility index (Phi) is 5.87. The average Bonchev–Trinajstić information content (AvgIpc) is 3.13. The van der Waals surface area contributed by atoms with Crippen molar-refractivity contribution in [2.75, 3.05) is 5.32 Å². The molecule has 0 amide bonds. The van der Waals surface area contributed by atoms with Crippen molar-refractivity contribution in [3.05, 3.63) is 75.2 Å². The van der Waals surface area contributed by atoms with Crippen LogP contribution in [-0.4, -0.2) is 4.98 Å². The minimum absolute atomic E-state index is 0.501. The lowest BCUT2D eigenvalue weighted by atomic mass is 10.0. The van der Waals surface area contributed by atoms with Crippen LogP contribution in [0.5, 0.6) is 0 Å². The number of thiazole rings is 1. The van der Waals surface area contributed by atoms with E-state index in [1.54, 1.807) is 6.20 Å². The van der Waals surface area contributed by atoms with Crippen LogP contribution >= 0.6 is 27.3 Å². The van der Waals surface area contributed by atoms with E-state index in [0.717, 1.165) is 21.4 Å². The van der Waals surface area contributed by atoms with Crippen molar-refractivity contribution < 1.29 is 0 Å². The maximum absolute atomic E-state index is 9.50. The second-order valence-electron chi connectivity index (χ2n) is 6.14. The summed E-state index contributed by atoms with van der Waals surface area (Å²) in [5.41, 5.74) is 4.65. The maximum atomic E-state index is 9.50. The predicted molar refractivity (Wildman–Crippen MR) is 113 cm³/mol. The molecule has 0 bridgehead atoms. The fourth-order valence-electron chi connectivity index (χ4n) is 2.44. The van der Waals surface area contributed by atoms with Gasteiger partial charge >= 0.3 is 0 Å². The third-order valence-electron chi connectivity index (χ3n) is 3.94. The van der Waals surface area contributed by atoms with Crippen LogP contribution in [0.3, 0.4) is 0 Å². The molecule has 1 aromatic heterocycles. The summed E-state index contributed by atoms with van der Waals surface area (Å²) in [6.07, 6.45) is 1.72. The third kappa shape index (κ3) is 4.40. The molecule has 0 aliphatic carbocycles. The van der Waals surface area contributed by atoms with Gasteiger partial charge in [-0.2, -0.15) is 5.26 Å². The van der Waals surface area contributed by atoms with Gasteiger partial charge in [-0.3, -0.25) is 0 Å². The molecule has 1 heterocycles. The molecule has 5 heteroatoms. The largest absolute Gasteiger partial charge is 0.360 e. The van der Waals surface area contributed by atoms with E-state index in [9.17, 15) is 5.26 Å². The van der Waals surface area contributed by atoms with Gasteiger partial charge in [0.05, 0.1) is 5.69 Å². The lowest BCUT2D eigenvalue weighted by Crippen LogP contribution is -1.92. The van der Waals surface area contributed by atoms with Gasteiger partial charge in [-0.1, -0.05) is 54.0 Å². The van der Waals surface area contributed by atoms with Gasteiger partial charge in [-0.25, -0.2) is 4.98 Å². The summed E-state index contributed by atoms with van der Waals surface area (Å²) in [7, 11) is 0. The molecule has 3 rings (SSSR count). The molecule has 26 heavy (non-hydrogen) atoms. The maximum Gasteiger partial charge on any atom is 0.136 e. The smallest absolute Gasteiger partial charge is 0.136 e. The van der Waals surface area contributed by atoms with Gasteiger partial charge in [0.25, 0.3) is 0 Å². The fraction of sp³-hybridized carbons (Fsp3) is 0.143. The van der Waals surface area contributed by atoms with Crippen molar-refractivity contribution in [2.45, 2.75) is 19.8 Å². The number of allylic oxidation sites excluding steroid dienone is 1. The number of hydrogen-bond acceptors (Lipinski definition) is 4. The number of halogens is 1. The van der Waals surface area contributed by atoms with Gasteiger partial charge in [0, 0.05) is 27.3 Å². The Bertz CT molecular complexity index is 965. The quantitative estimate of drug-likeness (QED) is 0.465. The molecule has 3 aromatic rings. The van der Waals surface area contributed by atoms with Crippen LogP contribution in [0, 0.1) is 11.3 Å². The second kappa shape index (κ2) is 8.31. The topological polar surface area (TPSA) is 48.7 Å². The van der Waals surface area contributed by atoms with E-state index in [-0.39, 0.29) is 0 Å². The van der Waals surface area contributed by atoms with Crippen LogP contribution < -0.4 is 5.32 Å². The molecular formula is C21H18BrN3S. The summed E-state index contributed by atoms with van der Waals surface area (Å²) < 4.78 is 1.01. The molecule has 130 valence electrons. The van der Waals surface area contributed by atoms with Gasteiger partial charge in [0.15, 0.2) is 0 Å². The van der Waals surface area contributed by atoms with Crippen molar-refractivity contribution in [1.82, 2.24) is 4.98 Å². The van der Waals surface area contributed by atoms with Gasteiger partial charge in [-0.05, 0) is 35.7 Å². The SMILES string of the molecule is CC(C)c1ccc(NC=C(C#N)c2nc(-c3cccc(Br)c3)cs2)cc1. The number of nitrogens with one attached hydrogen (secondary N) is 1. The molecular weight excluding hydrogens is 406 g/mol. The van der Waals surface area contributed by atoms with E-state index in [1.165, 1.54) is 16.9 Å². The molecule has 3 nitrogen and oxygen atoms in total. The normalized spacial score (nSPS) is 11.4. The molecule has 0 spiro atoms. The molecule has 0 saturated heterocycles. The lowest BCUT2D eigenvalue weighted by molar-refractivity contribution is 0.867. The van der Waals surface area contributed by atoms with Crippen molar-refractivity contribution >= 4 is 38.5 Å². The molecule has 0 saturated carbocycles. The standard InChI is InChI=1S/C21H18BrN3S/c1-14(2)15-6-8-19(9-7-15)24-12-17(11-23)21-25-20(13-26-21)16-4-3-5-18(22)10-16/h3-10,12-14,24H,1-2H3. The minimum atomic E-state index is 0.501. The van der Waals surface area contributed by atoms with Crippen molar-refractivity contribution in [3.8, 4) is 17.3 Å². The van der Waals surface area contributed by atoms with Crippen LogP contribution in [0.25, 0.3) is 16.8 Å². The Balaban J connectivity index is 1.78.